The van der Waals surface area contributed by atoms with Crippen molar-refractivity contribution in [2.45, 2.75) is 37.4 Å². The molecular weight excluding hydrogens is 380 g/mol. The number of benzene rings is 2. The van der Waals surface area contributed by atoms with E-state index in [0.717, 1.165) is 54.7 Å². The molecule has 4 heterocycles. The number of hydrogen-bond donors (Lipinski definition) is 0. The number of amides is 1. The van der Waals surface area contributed by atoms with Gasteiger partial charge in [-0.15, -0.1) is 0 Å². The summed E-state index contributed by atoms with van der Waals surface area (Å²) in [5.41, 5.74) is 3.46. The molecule has 0 N–H and O–H groups in total. The predicted octanol–water partition coefficient (Wildman–Crippen LogP) is 3.17. The molecule has 0 bridgehead atoms. The highest BCUT2D eigenvalue weighted by atomic mass is 16.6. The van der Waals surface area contributed by atoms with E-state index in [1.807, 2.05) is 35.2 Å². The topological polar surface area (TPSA) is 71.7 Å². The first-order chi connectivity index (χ1) is 14.7. The van der Waals surface area contributed by atoms with Gasteiger partial charge in [0.25, 0.3) is 0 Å². The van der Waals surface area contributed by atoms with Gasteiger partial charge in [0.2, 0.25) is 5.91 Å². The Labute approximate surface area is 174 Å². The molecule has 0 aliphatic carbocycles. The first-order valence-electron chi connectivity index (χ1n) is 10.6. The van der Waals surface area contributed by atoms with Gasteiger partial charge >= 0.3 is 0 Å². The van der Waals surface area contributed by atoms with Crippen molar-refractivity contribution >= 4 is 16.9 Å². The number of hydrogen-bond acceptors (Lipinski definition) is 6. The fourth-order valence-electron chi connectivity index (χ4n) is 6.08. The summed E-state index contributed by atoms with van der Waals surface area (Å²) in [6.07, 6.45) is 3.00. The molecule has 6 rings (SSSR count). The van der Waals surface area contributed by atoms with Gasteiger partial charge in [0.15, 0.2) is 0 Å². The molecule has 0 saturated carbocycles. The molecule has 2 aromatic carbocycles. The van der Waals surface area contributed by atoms with Gasteiger partial charge in [-0.25, -0.2) is 4.63 Å². The summed E-state index contributed by atoms with van der Waals surface area (Å²) in [4.78, 5) is 18.3. The van der Waals surface area contributed by atoms with Crippen LogP contribution < -0.4 is 4.74 Å². The molecule has 1 spiro atoms. The number of carbonyl (C=O) groups is 1. The Hall–Kier alpha value is -2.93. The van der Waals surface area contributed by atoms with Crippen LogP contribution in [0.25, 0.3) is 11.0 Å². The molecule has 3 fully saturated rings. The van der Waals surface area contributed by atoms with Gasteiger partial charge in [-0.3, -0.25) is 9.69 Å². The van der Waals surface area contributed by atoms with E-state index in [9.17, 15) is 4.79 Å². The zero-order chi connectivity index (χ0) is 20.3. The Morgan fingerprint density at radius 2 is 2.07 bits per heavy atom. The molecule has 0 radical (unpaired) electrons. The monoisotopic (exact) mass is 404 g/mol. The average Bonchev–Trinajstić information content (AvgIpc) is 3.51. The van der Waals surface area contributed by atoms with Crippen molar-refractivity contribution in [3.05, 3.63) is 53.6 Å². The molecule has 3 atom stereocenters. The van der Waals surface area contributed by atoms with Crippen LogP contribution in [-0.2, 0) is 11.3 Å². The van der Waals surface area contributed by atoms with Gasteiger partial charge in [-0.2, -0.15) is 0 Å². The van der Waals surface area contributed by atoms with Gasteiger partial charge < -0.3 is 9.64 Å². The highest BCUT2D eigenvalue weighted by Gasteiger charge is 2.65. The quantitative estimate of drug-likeness (QED) is 0.665. The molecule has 1 amide bonds. The molecule has 3 aliphatic heterocycles. The molecule has 7 heteroatoms. The highest BCUT2D eigenvalue weighted by Crippen LogP contribution is 2.56. The van der Waals surface area contributed by atoms with Crippen molar-refractivity contribution in [1.29, 1.82) is 0 Å². The smallest absolute Gasteiger partial charge is 0.243 e. The number of nitrogens with zero attached hydrogens (tertiary/aromatic N) is 4. The van der Waals surface area contributed by atoms with E-state index in [0.29, 0.717) is 12.5 Å². The second-order valence-corrected chi connectivity index (χ2v) is 8.68. The van der Waals surface area contributed by atoms with E-state index in [2.05, 4.69) is 27.3 Å². The van der Waals surface area contributed by atoms with Gasteiger partial charge in [-0.1, -0.05) is 24.3 Å². The van der Waals surface area contributed by atoms with E-state index in [1.165, 1.54) is 5.56 Å². The summed E-state index contributed by atoms with van der Waals surface area (Å²) < 4.78 is 10.4. The third-order valence-corrected chi connectivity index (χ3v) is 7.34. The fourth-order valence-corrected chi connectivity index (χ4v) is 6.08. The lowest BCUT2D eigenvalue weighted by molar-refractivity contribution is -0.137. The van der Waals surface area contributed by atoms with Crippen molar-refractivity contribution in [2.24, 2.45) is 5.92 Å². The van der Waals surface area contributed by atoms with Gasteiger partial charge in [-0.05, 0) is 59.9 Å². The third-order valence-electron chi connectivity index (χ3n) is 7.34. The van der Waals surface area contributed by atoms with Crippen molar-refractivity contribution in [2.75, 3.05) is 20.2 Å². The van der Waals surface area contributed by atoms with Crippen molar-refractivity contribution in [3.8, 4) is 5.75 Å². The lowest BCUT2D eigenvalue weighted by Crippen LogP contribution is -2.49. The van der Waals surface area contributed by atoms with Crippen LogP contribution in [0.3, 0.4) is 0 Å². The average molecular weight is 404 g/mol. The predicted molar refractivity (Wildman–Crippen MR) is 110 cm³/mol. The fraction of sp³-hybridized carbons (Fsp3) is 0.435. The Kier molecular flexibility index (Phi) is 3.90. The number of fused-ring (bicyclic) bond motifs is 1. The van der Waals surface area contributed by atoms with Crippen LogP contribution in [0.1, 0.15) is 36.4 Å². The van der Waals surface area contributed by atoms with E-state index in [4.69, 9.17) is 9.37 Å². The number of para-hydroxylation sites is 1. The molecule has 30 heavy (non-hydrogen) atoms. The number of ether oxygens (including phenoxy) is 1. The number of carbonyl (C=O) groups excluding carboxylic acids is 1. The lowest BCUT2D eigenvalue weighted by atomic mass is 9.85. The standard InChI is InChI=1S/C23H24N4O3/c1-29-21-6-3-2-5-16(21)13-26-14-17-12-20(27-10-4-9-23(17,27)22(26)28)15-7-8-18-19(11-15)25-30-24-18/h2-3,5-8,11,17,20H,4,9-10,12-14H2,1H3/t17-,20-,23-/m0/s1. The van der Waals surface area contributed by atoms with Crippen molar-refractivity contribution < 1.29 is 14.2 Å². The van der Waals surface area contributed by atoms with Crippen LogP contribution in [0.5, 0.6) is 5.75 Å². The maximum atomic E-state index is 13.7. The molecule has 3 aliphatic rings. The summed E-state index contributed by atoms with van der Waals surface area (Å²) in [5, 5.41) is 7.92. The second-order valence-electron chi connectivity index (χ2n) is 8.68. The minimum Gasteiger partial charge on any atom is -0.496 e. The molecule has 3 aromatic rings. The Morgan fingerprint density at radius 3 is 2.97 bits per heavy atom. The van der Waals surface area contributed by atoms with E-state index in [1.54, 1.807) is 7.11 Å². The molecule has 7 nitrogen and oxygen atoms in total. The Bertz CT molecular complexity index is 1130. The third kappa shape index (κ3) is 2.38. The summed E-state index contributed by atoms with van der Waals surface area (Å²) in [6.45, 7) is 2.37. The normalized spacial score (nSPS) is 28.3. The molecule has 0 unspecified atom stereocenters. The van der Waals surface area contributed by atoms with Gasteiger partial charge in [0.1, 0.15) is 22.3 Å². The minimum atomic E-state index is -0.357. The van der Waals surface area contributed by atoms with Crippen LogP contribution >= 0.6 is 0 Å². The summed E-state index contributed by atoms with van der Waals surface area (Å²) in [7, 11) is 1.68. The van der Waals surface area contributed by atoms with Crippen LogP contribution in [0.2, 0.25) is 0 Å². The van der Waals surface area contributed by atoms with Gasteiger partial charge in [0.05, 0.1) is 7.11 Å². The lowest BCUT2D eigenvalue weighted by Gasteiger charge is -2.33. The van der Waals surface area contributed by atoms with Crippen LogP contribution in [-0.4, -0.2) is 51.8 Å². The zero-order valence-electron chi connectivity index (χ0n) is 17.0. The number of methoxy groups -OCH3 is 1. The Balaban J connectivity index is 1.30. The van der Waals surface area contributed by atoms with E-state index >= 15 is 0 Å². The summed E-state index contributed by atoms with van der Waals surface area (Å²) in [6, 6.07) is 14.4. The molecular formula is C23H24N4O3. The largest absolute Gasteiger partial charge is 0.496 e. The van der Waals surface area contributed by atoms with Crippen molar-refractivity contribution in [1.82, 2.24) is 20.1 Å². The zero-order valence-corrected chi connectivity index (χ0v) is 17.0. The Morgan fingerprint density at radius 1 is 1.20 bits per heavy atom. The maximum Gasteiger partial charge on any atom is 0.243 e. The number of likely N-dealkylation sites (tertiary alicyclic amines) is 1. The summed E-state index contributed by atoms with van der Waals surface area (Å²) in [5.74, 6) is 1.47. The number of aromatic nitrogens is 2. The molecule has 1 aromatic heterocycles. The van der Waals surface area contributed by atoms with Crippen molar-refractivity contribution in [3.63, 3.8) is 0 Å². The molecule has 154 valence electrons. The van der Waals surface area contributed by atoms with Gasteiger partial charge in [0, 0.05) is 30.6 Å². The van der Waals surface area contributed by atoms with E-state index in [-0.39, 0.29) is 17.5 Å². The van der Waals surface area contributed by atoms with E-state index < -0.39 is 0 Å². The minimum absolute atomic E-state index is 0.246. The SMILES string of the molecule is COc1ccccc1CN1C[C@@H]2C[C@@H](c3ccc4nonc4c3)N3CCC[C@@]23C1=O. The van der Waals surface area contributed by atoms with Crippen LogP contribution in [0.15, 0.2) is 47.1 Å². The maximum absolute atomic E-state index is 13.7. The summed E-state index contributed by atoms with van der Waals surface area (Å²) >= 11 is 0. The number of rotatable bonds is 4. The van der Waals surface area contributed by atoms with Crippen LogP contribution in [0, 0.1) is 5.92 Å². The highest BCUT2D eigenvalue weighted by molar-refractivity contribution is 5.90. The first-order valence-corrected chi connectivity index (χ1v) is 10.6. The first kappa shape index (κ1) is 17.9. The van der Waals surface area contributed by atoms with Crippen LogP contribution in [0.4, 0.5) is 0 Å². The molecule has 3 saturated heterocycles. The second kappa shape index (κ2) is 6.54.